The minimum atomic E-state index is -0.147. The molecule has 9 heteroatoms. The summed E-state index contributed by atoms with van der Waals surface area (Å²) < 4.78 is 3.65. The monoisotopic (exact) mass is 476 g/mol. The zero-order valence-electron chi connectivity index (χ0n) is 17.8. The average molecular weight is 477 g/mol. The van der Waals surface area contributed by atoms with Crippen LogP contribution < -0.4 is 11.2 Å². The number of carbonyl (C=O) groups excluding carboxylic acids is 1. The van der Waals surface area contributed by atoms with Gasteiger partial charge in [0.05, 0.1) is 5.75 Å². The quantitative estimate of drug-likeness (QED) is 0.260. The molecule has 3 N–H and O–H groups in total. The molecule has 0 fully saturated rings. The van der Waals surface area contributed by atoms with Gasteiger partial charge in [0.1, 0.15) is 0 Å². The second kappa shape index (κ2) is 8.80. The molecule has 166 valence electrons. The van der Waals surface area contributed by atoms with Crippen LogP contribution in [0.15, 0.2) is 71.9 Å². The number of hydrogen-bond acceptors (Lipinski definition) is 5. The van der Waals surface area contributed by atoms with Gasteiger partial charge in [-0.3, -0.25) is 4.79 Å². The first kappa shape index (κ1) is 21.4. The van der Waals surface area contributed by atoms with Crippen LogP contribution in [-0.4, -0.2) is 31.1 Å². The number of anilines is 1. The van der Waals surface area contributed by atoms with Crippen LogP contribution in [0.4, 0.5) is 5.69 Å². The highest BCUT2D eigenvalue weighted by atomic mass is 35.5. The highest BCUT2D eigenvalue weighted by molar-refractivity contribution is 7.99. The van der Waals surface area contributed by atoms with Crippen molar-refractivity contribution >= 4 is 56.8 Å². The Balaban J connectivity index is 1.31. The molecule has 0 unspecified atom stereocenters. The molecule has 0 bridgehead atoms. The van der Waals surface area contributed by atoms with Gasteiger partial charge in [0.15, 0.2) is 5.82 Å². The van der Waals surface area contributed by atoms with E-state index >= 15 is 0 Å². The van der Waals surface area contributed by atoms with E-state index in [2.05, 4.69) is 45.2 Å². The van der Waals surface area contributed by atoms with Gasteiger partial charge in [0, 0.05) is 44.6 Å². The number of carbonyl (C=O) groups is 1. The summed E-state index contributed by atoms with van der Waals surface area (Å²) >= 11 is 7.28. The molecule has 0 atom stereocenters. The lowest BCUT2D eigenvalue weighted by Gasteiger charge is -2.07. The van der Waals surface area contributed by atoms with Gasteiger partial charge in [-0.1, -0.05) is 53.7 Å². The maximum atomic E-state index is 12.6. The van der Waals surface area contributed by atoms with E-state index in [1.807, 2.05) is 36.4 Å². The molecule has 0 spiro atoms. The number of hydrogen-bond donors (Lipinski definition) is 2. The number of para-hydroxylation sites is 1. The number of nitrogen functional groups attached to an aromatic ring is 1. The number of nitrogens with one attached hydrogen (secondary N) is 1. The molecule has 0 aliphatic heterocycles. The minimum absolute atomic E-state index is 0.147. The smallest absolute Gasteiger partial charge is 0.234 e. The zero-order chi connectivity index (χ0) is 22.9. The summed E-state index contributed by atoms with van der Waals surface area (Å²) in [6.45, 7) is 3.01. The third-order valence-electron chi connectivity index (χ3n) is 5.45. The van der Waals surface area contributed by atoms with E-state index in [1.165, 1.54) is 27.3 Å². The van der Waals surface area contributed by atoms with Crippen molar-refractivity contribution in [1.29, 1.82) is 0 Å². The molecule has 7 nitrogen and oxygen atoms in total. The molecule has 2 heterocycles. The van der Waals surface area contributed by atoms with Crippen molar-refractivity contribution in [3.8, 4) is 11.4 Å². The van der Waals surface area contributed by atoms with E-state index < -0.39 is 0 Å². The molecule has 0 saturated heterocycles. The Labute approximate surface area is 199 Å². The van der Waals surface area contributed by atoms with E-state index in [1.54, 1.807) is 12.1 Å². The summed E-state index contributed by atoms with van der Waals surface area (Å²) in [5, 5.41) is 14.5. The predicted molar refractivity (Wildman–Crippen MR) is 135 cm³/mol. The largest absolute Gasteiger partial charge is 0.341 e. The standard InChI is InChI=1S/C24H21ClN6OS/c1-2-30-20-9-4-3-8-18(20)19-13-17(10-11-21(19)30)27-22(32)14-33-24-29-28-23(31(24)26)15-6-5-7-16(25)12-15/h3-13H,2,14,26H2,1H3,(H,27,32). The number of aromatic nitrogens is 4. The molecular weight excluding hydrogens is 456 g/mol. The zero-order valence-corrected chi connectivity index (χ0v) is 19.4. The molecule has 33 heavy (non-hydrogen) atoms. The number of rotatable bonds is 6. The first-order valence-corrected chi connectivity index (χ1v) is 11.8. The maximum absolute atomic E-state index is 12.6. The second-order valence-corrected chi connectivity index (χ2v) is 8.90. The van der Waals surface area contributed by atoms with Crippen LogP contribution in [0.2, 0.25) is 5.02 Å². The predicted octanol–water partition coefficient (Wildman–Crippen LogP) is 5.17. The summed E-state index contributed by atoms with van der Waals surface area (Å²) in [4.78, 5) is 12.6. The average Bonchev–Trinajstić information content (AvgIpc) is 3.34. The first-order valence-electron chi connectivity index (χ1n) is 10.4. The fourth-order valence-electron chi connectivity index (χ4n) is 4.00. The van der Waals surface area contributed by atoms with E-state index in [-0.39, 0.29) is 11.7 Å². The molecule has 1 amide bonds. The number of fused-ring (bicyclic) bond motifs is 3. The SMILES string of the molecule is CCn1c2ccccc2c2cc(NC(=O)CSc3nnc(-c4cccc(Cl)c4)n3N)ccc21. The Morgan fingerprint density at radius 3 is 2.67 bits per heavy atom. The van der Waals surface area contributed by atoms with Gasteiger partial charge in [-0.15, -0.1) is 10.2 Å². The number of nitrogens with zero attached hydrogens (tertiary/aromatic N) is 4. The van der Waals surface area contributed by atoms with Crippen molar-refractivity contribution in [3.63, 3.8) is 0 Å². The summed E-state index contributed by atoms with van der Waals surface area (Å²) in [5.74, 6) is 6.64. The van der Waals surface area contributed by atoms with Gasteiger partial charge < -0.3 is 15.7 Å². The van der Waals surface area contributed by atoms with Gasteiger partial charge in [-0.25, -0.2) is 4.68 Å². The molecule has 5 rings (SSSR count). The van der Waals surface area contributed by atoms with Crippen LogP contribution in [0.25, 0.3) is 33.2 Å². The Morgan fingerprint density at radius 2 is 1.85 bits per heavy atom. The molecule has 0 radical (unpaired) electrons. The molecule has 5 aromatic rings. The van der Waals surface area contributed by atoms with Crippen LogP contribution in [0.3, 0.4) is 0 Å². The number of amides is 1. The molecule has 0 aliphatic carbocycles. The van der Waals surface area contributed by atoms with Crippen LogP contribution in [0.5, 0.6) is 0 Å². The van der Waals surface area contributed by atoms with Crippen molar-refractivity contribution in [2.75, 3.05) is 16.9 Å². The van der Waals surface area contributed by atoms with Gasteiger partial charge in [-0.05, 0) is 43.3 Å². The Morgan fingerprint density at radius 1 is 1.03 bits per heavy atom. The molecular formula is C24H21ClN6OS. The molecule has 0 saturated carbocycles. The van der Waals surface area contributed by atoms with Crippen LogP contribution in [0.1, 0.15) is 6.92 Å². The molecule has 2 aromatic heterocycles. The van der Waals surface area contributed by atoms with E-state index in [4.69, 9.17) is 17.4 Å². The van der Waals surface area contributed by atoms with Gasteiger partial charge >= 0.3 is 0 Å². The molecule has 0 aliphatic rings. The Hall–Kier alpha value is -3.49. The number of benzene rings is 3. The molecule has 3 aromatic carbocycles. The third-order valence-corrected chi connectivity index (χ3v) is 6.63. The third kappa shape index (κ3) is 4.03. The van der Waals surface area contributed by atoms with Crippen molar-refractivity contribution in [2.24, 2.45) is 0 Å². The summed E-state index contributed by atoms with van der Waals surface area (Å²) in [6.07, 6.45) is 0. The first-order chi connectivity index (χ1) is 16.0. The second-order valence-electron chi connectivity index (χ2n) is 7.52. The van der Waals surface area contributed by atoms with Crippen molar-refractivity contribution in [3.05, 3.63) is 71.8 Å². The summed E-state index contributed by atoms with van der Waals surface area (Å²) in [7, 11) is 0. The van der Waals surface area contributed by atoms with Crippen molar-refractivity contribution in [1.82, 2.24) is 19.4 Å². The van der Waals surface area contributed by atoms with E-state index in [9.17, 15) is 4.79 Å². The fraction of sp³-hybridized carbons (Fsp3) is 0.125. The van der Waals surface area contributed by atoms with Crippen LogP contribution in [0, 0.1) is 0 Å². The van der Waals surface area contributed by atoms with Gasteiger partial charge in [0.2, 0.25) is 11.1 Å². The van der Waals surface area contributed by atoms with Crippen LogP contribution in [-0.2, 0) is 11.3 Å². The Kier molecular flexibility index (Phi) is 5.70. The lowest BCUT2D eigenvalue weighted by molar-refractivity contribution is -0.113. The van der Waals surface area contributed by atoms with E-state index in [0.717, 1.165) is 28.7 Å². The number of halogens is 1. The minimum Gasteiger partial charge on any atom is -0.341 e. The lowest BCUT2D eigenvalue weighted by atomic mass is 10.1. The Bertz CT molecular complexity index is 1490. The number of nitrogens with two attached hydrogens (primary N) is 1. The normalized spacial score (nSPS) is 11.3. The van der Waals surface area contributed by atoms with Gasteiger partial charge in [-0.2, -0.15) is 0 Å². The summed E-state index contributed by atoms with van der Waals surface area (Å²) in [5.41, 5.74) is 3.84. The maximum Gasteiger partial charge on any atom is 0.234 e. The summed E-state index contributed by atoms with van der Waals surface area (Å²) in [6, 6.07) is 21.5. The van der Waals surface area contributed by atoms with Gasteiger partial charge in [0.25, 0.3) is 0 Å². The van der Waals surface area contributed by atoms with Crippen molar-refractivity contribution in [2.45, 2.75) is 18.6 Å². The van der Waals surface area contributed by atoms with Crippen LogP contribution >= 0.6 is 23.4 Å². The lowest BCUT2D eigenvalue weighted by Crippen LogP contribution is -2.16. The topological polar surface area (TPSA) is 90.8 Å². The number of aryl methyl sites for hydroxylation is 1. The van der Waals surface area contributed by atoms with Crippen molar-refractivity contribution < 1.29 is 4.79 Å². The fourth-order valence-corrected chi connectivity index (χ4v) is 4.85. The highest BCUT2D eigenvalue weighted by Gasteiger charge is 2.15. The highest BCUT2D eigenvalue weighted by Crippen LogP contribution is 2.31. The number of thioether (sulfide) groups is 1. The van der Waals surface area contributed by atoms with E-state index in [0.29, 0.717) is 16.0 Å².